The highest BCUT2D eigenvalue weighted by molar-refractivity contribution is 8.00. The standard InChI is InChI=1S/C12H21N5OS/c1-9(11(18)16-6-3-4-7-16)19-12-15-14-10(2)17(12)8-5-13/h9H,3-8,13H2,1-2H3. The molecular weight excluding hydrogens is 262 g/mol. The quantitative estimate of drug-likeness (QED) is 0.803. The van der Waals surface area contributed by atoms with Gasteiger partial charge in [0.15, 0.2) is 5.16 Å². The smallest absolute Gasteiger partial charge is 0.235 e. The fourth-order valence-corrected chi connectivity index (χ4v) is 3.24. The van der Waals surface area contributed by atoms with Gasteiger partial charge in [-0.25, -0.2) is 0 Å². The third-order valence-corrected chi connectivity index (χ3v) is 4.37. The lowest BCUT2D eigenvalue weighted by Gasteiger charge is -2.19. The van der Waals surface area contributed by atoms with Gasteiger partial charge in [0, 0.05) is 26.2 Å². The van der Waals surface area contributed by atoms with Crippen molar-refractivity contribution >= 4 is 17.7 Å². The Kier molecular flexibility index (Phi) is 4.81. The molecule has 1 saturated heterocycles. The number of carbonyl (C=O) groups is 1. The Balaban J connectivity index is 2.01. The molecule has 2 heterocycles. The van der Waals surface area contributed by atoms with Crippen molar-refractivity contribution in [2.24, 2.45) is 5.73 Å². The van der Waals surface area contributed by atoms with E-state index in [9.17, 15) is 4.79 Å². The molecule has 0 spiro atoms. The SMILES string of the molecule is Cc1nnc(SC(C)C(=O)N2CCCC2)n1CCN. The van der Waals surface area contributed by atoms with Crippen LogP contribution in [0.3, 0.4) is 0 Å². The molecule has 1 aromatic rings. The summed E-state index contributed by atoms with van der Waals surface area (Å²) < 4.78 is 1.97. The van der Waals surface area contributed by atoms with Crippen LogP contribution in [0.15, 0.2) is 5.16 Å². The molecule has 0 aromatic carbocycles. The van der Waals surface area contributed by atoms with Crippen molar-refractivity contribution in [2.75, 3.05) is 19.6 Å². The third kappa shape index (κ3) is 3.27. The zero-order valence-corrected chi connectivity index (χ0v) is 12.3. The molecule has 1 unspecified atom stereocenters. The van der Waals surface area contributed by atoms with Crippen molar-refractivity contribution in [2.45, 2.75) is 43.6 Å². The molecule has 1 fully saturated rings. The van der Waals surface area contributed by atoms with Gasteiger partial charge in [-0.15, -0.1) is 10.2 Å². The molecule has 2 N–H and O–H groups in total. The third-order valence-electron chi connectivity index (χ3n) is 3.30. The summed E-state index contributed by atoms with van der Waals surface area (Å²) in [6.07, 6.45) is 2.23. The summed E-state index contributed by atoms with van der Waals surface area (Å²) in [7, 11) is 0. The van der Waals surface area contributed by atoms with Crippen LogP contribution in [0.25, 0.3) is 0 Å². The van der Waals surface area contributed by atoms with Crippen molar-refractivity contribution in [3.63, 3.8) is 0 Å². The van der Waals surface area contributed by atoms with E-state index in [0.29, 0.717) is 13.1 Å². The summed E-state index contributed by atoms with van der Waals surface area (Å²) in [6, 6.07) is 0. The fraction of sp³-hybridized carbons (Fsp3) is 0.750. The summed E-state index contributed by atoms with van der Waals surface area (Å²) in [5.74, 6) is 1.04. The summed E-state index contributed by atoms with van der Waals surface area (Å²) in [6.45, 7) is 6.84. The van der Waals surface area contributed by atoms with E-state index in [4.69, 9.17) is 5.73 Å². The van der Waals surface area contributed by atoms with Crippen LogP contribution in [0, 0.1) is 6.92 Å². The van der Waals surface area contributed by atoms with E-state index in [-0.39, 0.29) is 11.2 Å². The van der Waals surface area contributed by atoms with Crippen molar-refractivity contribution in [1.82, 2.24) is 19.7 Å². The number of thioether (sulfide) groups is 1. The number of aryl methyl sites for hydroxylation is 1. The lowest BCUT2D eigenvalue weighted by Crippen LogP contribution is -2.34. The van der Waals surface area contributed by atoms with Crippen LogP contribution in [0.4, 0.5) is 0 Å². The highest BCUT2D eigenvalue weighted by atomic mass is 32.2. The Morgan fingerprint density at radius 1 is 1.42 bits per heavy atom. The molecule has 0 aliphatic carbocycles. The zero-order valence-electron chi connectivity index (χ0n) is 11.5. The molecule has 1 aromatic heterocycles. The van der Waals surface area contributed by atoms with Crippen LogP contribution in [-0.4, -0.2) is 50.5 Å². The van der Waals surface area contributed by atoms with E-state index in [2.05, 4.69) is 10.2 Å². The van der Waals surface area contributed by atoms with Crippen molar-refractivity contribution in [3.8, 4) is 0 Å². The molecule has 2 rings (SSSR count). The van der Waals surface area contributed by atoms with Crippen molar-refractivity contribution in [3.05, 3.63) is 5.82 Å². The first kappa shape index (κ1) is 14.3. The second-order valence-electron chi connectivity index (χ2n) is 4.76. The van der Waals surface area contributed by atoms with Crippen LogP contribution in [0.2, 0.25) is 0 Å². The van der Waals surface area contributed by atoms with Gasteiger partial charge in [0.1, 0.15) is 5.82 Å². The molecule has 1 aliphatic rings. The summed E-state index contributed by atoms with van der Waals surface area (Å²) >= 11 is 1.47. The van der Waals surface area contributed by atoms with Gasteiger partial charge in [-0.3, -0.25) is 4.79 Å². The molecule has 0 radical (unpaired) electrons. The Hall–Kier alpha value is -1.08. The Bertz CT molecular complexity index is 441. The number of nitrogens with zero attached hydrogens (tertiary/aromatic N) is 4. The average molecular weight is 283 g/mol. The van der Waals surface area contributed by atoms with Crippen LogP contribution in [0.5, 0.6) is 0 Å². The maximum atomic E-state index is 12.2. The number of carbonyl (C=O) groups excluding carboxylic acids is 1. The first-order chi connectivity index (χ1) is 9.13. The van der Waals surface area contributed by atoms with E-state index in [1.807, 2.05) is 23.3 Å². The maximum Gasteiger partial charge on any atom is 0.235 e. The molecule has 1 atom stereocenters. The predicted octanol–water partition coefficient (Wildman–Crippen LogP) is 0.648. The lowest BCUT2D eigenvalue weighted by atomic mass is 10.4. The van der Waals surface area contributed by atoms with Gasteiger partial charge in [0.2, 0.25) is 5.91 Å². The number of hydrogen-bond donors (Lipinski definition) is 1. The minimum Gasteiger partial charge on any atom is -0.342 e. The molecule has 106 valence electrons. The molecule has 6 nitrogen and oxygen atoms in total. The molecule has 0 bridgehead atoms. The van der Waals surface area contributed by atoms with E-state index >= 15 is 0 Å². The molecule has 1 amide bonds. The van der Waals surface area contributed by atoms with E-state index in [1.54, 1.807) is 0 Å². The fourth-order valence-electron chi connectivity index (χ4n) is 2.24. The normalized spacial score (nSPS) is 16.9. The van der Waals surface area contributed by atoms with Gasteiger partial charge in [0.05, 0.1) is 5.25 Å². The van der Waals surface area contributed by atoms with Crippen molar-refractivity contribution in [1.29, 1.82) is 0 Å². The number of aromatic nitrogens is 3. The van der Waals surface area contributed by atoms with Gasteiger partial charge in [-0.05, 0) is 26.7 Å². The largest absolute Gasteiger partial charge is 0.342 e. The maximum absolute atomic E-state index is 12.2. The van der Waals surface area contributed by atoms with Gasteiger partial charge < -0.3 is 15.2 Å². The molecule has 0 saturated carbocycles. The number of amides is 1. The van der Waals surface area contributed by atoms with E-state index in [1.165, 1.54) is 11.8 Å². The molecule has 7 heteroatoms. The van der Waals surface area contributed by atoms with Gasteiger partial charge in [-0.2, -0.15) is 0 Å². The second-order valence-corrected chi connectivity index (χ2v) is 6.07. The first-order valence-electron chi connectivity index (χ1n) is 6.68. The second kappa shape index (κ2) is 6.38. The monoisotopic (exact) mass is 283 g/mol. The first-order valence-corrected chi connectivity index (χ1v) is 7.56. The number of rotatable bonds is 5. The van der Waals surface area contributed by atoms with E-state index < -0.39 is 0 Å². The Labute approximate surface area is 117 Å². The Morgan fingerprint density at radius 3 is 2.74 bits per heavy atom. The van der Waals surface area contributed by atoms with E-state index in [0.717, 1.165) is 36.9 Å². The predicted molar refractivity (Wildman–Crippen MR) is 74.9 cm³/mol. The minimum absolute atomic E-state index is 0.127. The number of nitrogens with two attached hydrogens (primary N) is 1. The summed E-state index contributed by atoms with van der Waals surface area (Å²) in [5, 5.41) is 8.84. The average Bonchev–Trinajstić information content (AvgIpc) is 3.02. The van der Waals surface area contributed by atoms with Crippen LogP contribution >= 0.6 is 11.8 Å². The molecule has 19 heavy (non-hydrogen) atoms. The molecule has 1 aliphatic heterocycles. The summed E-state index contributed by atoms with van der Waals surface area (Å²) in [5.41, 5.74) is 5.59. The zero-order chi connectivity index (χ0) is 13.8. The van der Waals surface area contributed by atoms with Crippen LogP contribution < -0.4 is 5.73 Å². The summed E-state index contributed by atoms with van der Waals surface area (Å²) in [4.78, 5) is 14.2. The topological polar surface area (TPSA) is 77.0 Å². The van der Waals surface area contributed by atoms with Gasteiger partial charge in [0.25, 0.3) is 0 Å². The van der Waals surface area contributed by atoms with Crippen LogP contribution in [0.1, 0.15) is 25.6 Å². The lowest BCUT2D eigenvalue weighted by molar-refractivity contribution is -0.129. The van der Waals surface area contributed by atoms with Crippen LogP contribution in [-0.2, 0) is 11.3 Å². The van der Waals surface area contributed by atoms with Crippen molar-refractivity contribution < 1.29 is 4.79 Å². The van der Waals surface area contributed by atoms with Gasteiger partial charge in [-0.1, -0.05) is 11.8 Å². The minimum atomic E-state index is -0.127. The molecular formula is C12H21N5OS. The Morgan fingerprint density at radius 2 is 2.11 bits per heavy atom. The highest BCUT2D eigenvalue weighted by Gasteiger charge is 2.25. The number of likely N-dealkylation sites (tertiary alicyclic amines) is 1. The van der Waals surface area contributed by atoms with Gasteiger partial charge >= 0.3 is 0 Å². The number of hydrogen-bond acceptors (Lipinski definition) is 5. The highest BCUT2D eigenvalue weighted by Crippen LogP contribution is 2.24.